The van der Waals surface area contributed by atoms with E-state index in [0.717, 1.165) is 44.7 Å². The van der Waals surface area contributed by atoms with Crippen LogP contribution in [0.25, 0.3) is 105 Å². The maximum Gasteiger partial charge on any atom is 0.137 e. The van der Waals surface area contributed by atoms with E-state index in [2.05, 4.69) is 208 Å². The standard InChI is InChI=1S/C51H32N4/c1-2-18-42-41(17-1)48(33-24-28-35(29-25-33)54-43-19-7-3-13-37(43)38-14-4-8-20-44(38)54)50-51(53-32-12-11-23-47(53)52-50)49(42)34-26-30-36(31-27-34)55-45-21-9-5-15-39(45)40-16-6-10-22-46(40)55/h1-32H. The molecule has 0 aliphatic rings. The number of para-hydroxylation sites is 4. The Morgan fingerprint density at radius 2 is 0.709 bits per heavy atom. The molecule has 0 unspecified atom stereocenters. The van der Waals surface area contributed by atoms with Gasteiger partial charge < -0.3 is 9.13 Å². The van der Waals surface area contributed by atoms with Gasteiger partial charge in [-0.15, -0.1) is 0 Å². The molecule has 256 valence electrons. The molecule has 0 spiro atoms. The quantitative estimate of drug-likeness (QED) is 0.180. The van der Waals surface area contributed by atoms with Crippen LogP contribution < -0.4 is 0 Å². The first-order valence-electron chi connectivity index (χ1n) is 18.8. The first kappa shape index (κ1) is 30.1. The van der Waals surface area contributed by atoms with Crippen LogP contribution in [0.15, 0.2) is 194 Å². The van der Waals surface area contributed by atoms with Crippen molar-refractivity contribution in [3.63, 3.8) is 0 Å². The van der Waals surface area contributed by atoms with Crippen LogP contribution >= 0.6 is 0 Å². The minimum Gasteiger partial charge on any atom is -0.309 e. The SMILES string of the molecule is c1ccc2c(-c3ccc(-n4c5ccccc5c5ccccc54)cc3)c3c(nc4ccccn43)c(-c3ccc(-n4c5ccccc5c5ccccc54)cc3)c2c1. The highest BCUT2D eigenvalue weighted by molar-refractivity contribution is 6.20. The van der Waals surface area contributed by atoms with Crippen molar-refractivity contribution in [3.05, 3.63) is 194 Å². The molecule has 55 heavy (non-hydrogen) atoms. The third-order valence-electron chi connectivity index (χ3n) is 11.5. The molecule has 0 atom stereocenters. The van der Waals surface area contributed by atoms with Gasteiger partial charge >= 0.3 is 0 Å². The Labute approximate surface area is 316 Å². The first-order chi connectivity index (χ1) is 27.3. The number of nitrogens with zero attached hydrogens (tertiary/aromatic N) is 4. The highest BCUT2D eigenvalue weighted by atomic mass is 15.0. The van der Waals surface area contributed by atoms with Gasteiger partial charge in [0.25, 0.3) is 0 Å². The summed E-state index contributed by atoms with van der Waals surface area (Å²) in [7, 11) is 0. The summed E-state index contributed by atoms with van der Waals surface area (Å²) < 4.78 is 7.01. The van der Waals surface area contributed by atoms with Crippen LogP contribution in [0.2, 0.25) is 0 Å². The number of fused-ring (bicyclic) bond motifs is 10. The molecule has 0 radical (unpaired) electrons. The van der Waals surface area contributed by atoms with Crippen LogP contribution in [0.3, 0.4) is 0 Å². The van der Waals surface area contributed by atoms with E-state index in [9.17, 15) is 0 Å². The molecule has 0 bridgehead atoms. The van der Waals surface area contributed by atoms with Crippen molar-refractivity contribution in [2.75, 3.05) is 0 Å². The third-order valence-corrected chi connectivity index (χ3v) is 11.5. The molecule has 0 saturated heterocycles. The van der Waals surface area contributed by atoms with E-state index in [4.69, 9.17) is 4.98 Å². The lowest BCUT2D eigenvalue weighted by Gasteiger charge is -2.16. The summed E-state index contributed by atoms with van der Waals surface area (Å²) >= 11 is 0. The molecule has 0 aliphatic carbocycles. The van der Waals surface area contributed by atoms with E-state index in [1.807, 2.05) is 0 Å². The average Bonchev–Trinajstić information content (AvgIpc) is 3.91. The second-order valence-electron chi connectivity index (χ2n) is 14.4. The maximum absolute atomic E-state index is 5.36. The van der Waals surface area contributed by atoms with Crippen molar-refractivity contribution < 1.29 is 0 Å². The Kier molecular flexibility index (Phi) is 6.31. The van der Waals surface area contributed by atoms with Gasteiger partial charge in [-0.25, -0.2) is 4.98 Å². The molecule has 12 aromatic rings. The summed E-state index contributed by atoms with van der Waals surface area (Å²) in [4.78, 5) is 5.36. The highest BCUT2D eigenvalue weighted by Crippen LogP contribution is 2.44. The molecule has 4 aromatic heterocycles. The van der Waals surface area contributed by atoms with Crippen molar-refractivity contribution in [2.45, 2.75) is 0 Å². The molecule has 12 rings (SSSR count). The predicted molar refractivity (Wildman–Crippen MR) is 230 cm³/mol. The molecular formula is C51H32N4. The van der Waals surface area contributed by atoms with Crippen LogP contribution in [0, 0.1) is 0 Å². The van der Waals surface area contributed by atoms with Crippen LogP contribution in [0.4, 0.5) is 0 Å². The predicted octanol–water partition coefficient (Wildman–Crippen LogP) is 13.2. The number of rotatable bonds is 4. The molecule has 0 aliphatic heterocycles. The topological polar surface area (TPSA) is 27.2 Å². The zero-order chi connectivity index (χ0) is 36.0. The molecule has 0 fully saturated rings. The van der Waals surface area contributed by atoms with Crippen LogP contribution in [0.5, 0.6) is 0 Å². The summed E-state index contributed by atoms with van der Waals surface area (Å²) in [6.07, 6.45) is 2.14. The number of aromatic nitrogens is 4. The lowest BCUT2D eigenvalue weighted by Crippen LogP contribution is -1.96. The van der Waals surface area contributed by atoms with Gasteiger partial charge in [-0.2, -0.15) is 0 Å². The fourth-order valence-corrected chi connectivity index (χ4v) is 9.12. The summed E-state index contributed by atoms with van der Waals surface area (Å²) in [5.74, 6) is 0. The monoisotopic (exact) mass is 700 g/mol. The molecule has 0 N–H and O–H groups in total. The van der Waals surface area contributed by atoms with Gasteiger partial charge in [0.1, 0.15) is 5.65 Å². The van der Waals surface area contributed by atoms with E-state index in [1.54, 1.807) is 0 Å². The molecular weight excluding hydrogens is 669 g/mol. The Morgan fingerprint density at radius 3 is 1.18 bits per heavy atom. The van der Waals surface area contributed by atoms with E-state index in [1.165, 1.54) is 59.9 Å². The first-order valence-corrected chi connectivity index (χ1v) is 18.8. The Balaban J connectivity index is 1.07. The Morgan fingerprint density at radius 1 is 0.327 bits per heavy atom. The minimum absolute atomic E-state index is 0.930. The fraction of sp³-hybridized carbons (Fsp3) is 0. The van der Waals surface area contributed by atoms with Crippen LogP contribution in [-0.4, -0.2) is 18.5 Å². The molecule has 8 aromatic carbocycles. The van der Waals surface area contributed by atoms with E-state index in [-0.39, 0.29) is 0 Å². The van der Waals surface area contributed by atoms with Crippen molar-refractivity contribution >= 4 is 71.1 Å². The van der Waals surface area contributed by atoms with Gasteiger partial charge in [0.2, 0.25) is 0 Å². The smallest absolute Gasteiger partial charge is 0.137 e. The normalized spacial score (nSPS) is 12.0. The van der Waals surface area contributed by atoms with Crippen LogP contribution in [0.1, 0.15) is 0 Å². The van der Waals surface area contributed by atoms with E-state index < -0.39 is 0 Å². The Hall–Kier alpha value is -7.43. The molecule has 4 nitrogen and oxygen atoms in total. The average molecular weight is 701 g/mol. The largest absolute Gasteiger partial charge is 0.309 e. The molecule has 0 saturated carbocycles. The molecule has 4 heterocycles. The zero-order valence-electron chi connectivity index (χ0n) is 29.8. The summed E-state index contributed by atoms with van der Waals surface area (Å²) in [5.41, 5.74) is 14.8. The summed E-state index contributed by atoms with van der Waals surface area (Å²) in [6.45, 7) is 0. The van der Waals surface area contributed by atoms with E-state index >= 15 is 0 Å². The molecule has 4 heteroatoms. The second-order valence-corrected chi connectivity index (χ2v) is 14.4. The molecule has 0 amide bonds. The summed E-state index contributed by atoms with van der Waals surface area (Å²) in [6, 6.07) is 67.9. The highest BCUT2D eigenvalue weighted by Gasteiger charge is 2.22. The second kappa shape index (κ2) is 11.5. The van der Waals surface area contributed by atoms with Gasteiger partial charge in [0.05, 0.1) is 33.1 Å². The van der Waals surface area contributed by atoms with Crippen molar-refractivity contribution in [2.24, 2.45) is 0 Å². The van der Waals surface area contributed by atoms with Crippen molar-refractivity contribution in [3.8, 4) is 33.6 Å². The summed E-state index contributed by atoms with van der Waals surface area (Å²) in [5, 5.41) is 7.44. The van der Waals surface area contributed by atoms with Gasteiger partial charge in [0.15, 0.2) is 0 Å². The number of imidazole rings is 1. The van der Waals surface area contributed by atoms with Crippen LogP contribution in [-0.2, 0) is 0 Å². The third kappa shape index (κ3) is 4.31. The van der Waals surface area contributed by atoms with Gasteiger partial charge in [0, 0.05) is 50.2 Å². The van der Waals surface area contributed by atoms with E-state index in [0.29, 0.717) is 0 Å². The van der Waals surface area contributed by atoms with Gasteiger partial charge in [-0.1, -0.05) is 127 Å². The van der Waals surface area contributed by atoms with Crippen molar-refractivity contribution in [1.29, 1.82) is 0 Å². The van der Waals surface area contributed by atoms with Gasteiger partial charge in [-0.05, 0) is 82.6 Å². The lowest BCUT2D eigenvalue weighted by molar-refractivity contribution is 1.18. The number of pyridine rings is 1. The number of hydrogen-bond donors (Lipinski definition) is 0. The fourth-order valence-electron chi connectivity index (χ4n) is 9.12. The Bertz CT molecular complexity index is 3360. The minimum atomic E-state index is 0.930. The number of benzene rings is 8. The van der Waals surface area contributed by atoms with Crippen molar-refractivity contribution in [1.82, 2.24) is 18.5 Å². The maximum atomic E-state index is 5.36. The lowest BCUT2D eigenvalue weighted by atomic mass is 9.90. The zero-order valence-corrected chi connectivity index (χ0v) is 29.8. The number of hydrogen-bond acceptors (Lipinski definition) is 1. The van der Waals surface area contributed by atoms with Gasteiger partial charge in [-0.3, -0.25) is 4.40 Å².